The predicted octanol–water partition coefficient (Wildman–Crippen LogP) is 5.11. The molecule has 5 rings (SSSR count). The first kappa shape index (κ1) is 21.1. The van der Waals surface area contributed by atoms with Gasteiger partial charge in [-0.25, -0.2) is 0 Å². The molecular weight excluding hydrogens is 419 g/mol. The van der Waals surface area contributed by atoms with Gasteiger partial charge >= 0.3 is 6.18 Å². The Bertz CT molecular complexity index is 1150. The number of anilines is 2. The summed E-state index contributed by atoms with van der Waals surface area (Å²) >= 11 is 0. The highest BCUT2D eigenvalue weighted by atomic mass is 19.4. The predicted molar refractivity (Wildman–Crippen MR) is 117 cm³/mol. The molecule has 1 saturated carbocycles. The first-order valence-corrected chi connectivity index (χ1v) is 11.2. The summed E-state index contributed by atoms with van der Waals surface area (Å²) in [6, 6.07) is 8.36. The average Bonchev–Trinajstić information content (AvgIpc) is 3.43. The van der Waals surface area contributed by atoms with Crippen molar-refractivity contribution in [3.63, 3.8) is 0 Å². The van der Waals surface area contributed by atoms with Gasteiger partial charge in [0.15, 0.2) is 5.82 Å². The molecule has 9 heteroatoms. The van der Waals surface area contributed by atoms with Gasteiger partial charge in [-0.05, 0) is 62.4 Å². The second-order valence-electron chi connectivity index (χ2n) is 8.79. The van der Waals surface area contributed by atoms with Gasteiger partial charge in [-0.2, -0.15) is 18.3 Å². The summed E-state index contributed by atoms with van der Waals surface area (Å²) in [5.41, 5.74) is -0.703. The van der Waals surface area contributed by atoms with E-state index in [0.717, 1.165) is 37.6 Å². The van der Waals surface area contributed by atoms with Gasteiger partial charge in [0.2, 0.25) is 0 Å². The fourth-order valence-electron chi connectivity index (χ4n) is 5.15. The van der Waals surface area contributed by atoms with Crippen LogP contribution in [0.3, 0.4) is 0 Å². The number of pyridine rings is 1. The molecule has 170 valence electrons. The Morgan fingerprint density at radius 3 is 2.47 bits per heavy atom. The van der Waals surface area contributed by atoms with E-state index in [0.29, 0.717) is 29.9 Å². The maximum Gasteiger partial charge on any atom is 0.410 e. The van der Waals surface area contributed by atoms with Gasteiger partial charge in [0, 0.05) is 11.9 Å². The molecule has 3 aromatic rings. The summed E-state index contributed by atoms with van der Waals surface area (Å²) in [6.45, 7) is 0.340. The van der Waals surface area contributed by atoms with Gasteiger partial charge in [-0.1, -0.05) is 25.0 Å². The molecule has 1 saturated heterocycles. The second kappa shape index (κ2) is 7.95. The lowest BCUT2D eigenvalue weighted by atomic mass is 9.81. The number of nitrogens with one attached hydrogen (secondary N) is 3. The van der Waals surface area contributed by atoms with E-state index >= 15 is 0 Å². The SMILES string of the molecule is O=c1[nH]ccc2c1c(Nc1ccc(C3(C(F)(F)F)CCCCN3)cc1)nn2C1CCCC1. The maximum absolute atomic E-state index is 14.0. The lowest BCUT2D eigenvalue weighted by Crippen LogP contribution is -2.56. The Labute approximate surface area is 183 Å². The van der Waals surface area contributed by atoms with Crippen molar-refractivity contribution in [1.82, 2.24) is 20.1 Å². The van der Waals surface area contributed by atoms with Gasteiger partial charge in [0.25, 0.3) is 5.56 Å². The summed E-state index contributed by atoms with van der Waals surface area (Å²) < 4.78 is 43.8. The van der Waals surface area contributed by atoms with Crippen molar-refractivity contribution in [3.8, 4) is 0 Å². The van der Waals surface area contributed by atoms with Crippen molar-refractivity contribution in [2.45, 2.75) is 62.7 Å². The zero-order valence-electron chi connectivity index (χ0n) is 17.6. The molecule has 2 aliphatic rings. The van der Waals surface area contributed by atoms with Gasteiger partial charge in [-0.3, -0.25) is 14.8 Å². The third-order valence-electron chi connectivity index (χ3n) is 6.83. The molecule has 1 aromatic carbocycles. The van der Waals surface area contributed by atoms with Crippen molar-refractivity contribution in [2.24, 2.45) is 0 Å². The fourth-order valence-corrected chi connectivity index (χ4v) is 5.15. The minimum absolute atomic E-state index is 0.0229. The smallest absolute Gasteiger partial charge is 0.338 e. The number of alkyl halides is 3. The second-order valence-corrected chi connectivity index (χ2v) is 8.79. The van der Waals surface area contributed by atoms with Crippen LogP contribution in [0.15, 0.2) is 41.3 Å². The Morgan fingerprint density at radius 2 is 1.81 bits per heavy atom. The number of piperidine rings is 1. The van der Waals surface area contributed by atoms with Crippen molar-refractivity contribution in [3.05, 3.63) is 52.4 Å². The van der Waals surface area contributed by atoms with Crippen LogP contribution in [0.1, 0.15) is 56.6 Å². The topological polar surface area (TPSA) is 74.7 Å². The van der Waals surface area contributed by atoms with E-state index in [1.807, 2.05) is 10.7 Å². The molecule has 1 atom stereocenters. The van der Waals surface area contributed by atoms with Crippen LogP contribution in [0.25, 0.3) is 10.9 Å². The van der Waals surface area contributed by atoms with Crippen LogP contribution in [0, 0.1) is 0 Å². The molecule has 3 heterocycles. The number of aromatic amines is 1. The largest absolute Gasteiger partial charge is 0.410 e. The molecule has 0 amide bonds. The van der Waals surface area contributed by atoms with Crippen LogP contribution in [-0.4, -0.2) is 27.5 Å². The van der Waals surface area contributed by atoms with Crippen LogP contribution in [-0.2, 0) is 5.54 Å². The number of hydrogen-bond donors (Lipinski definition) is 3. The maximum atomic E-state index is 14.0. The number of nitrogens with zero attached hydrogens (tertiary/aromatic N) is 2. The molecule has 32 heavy (non-hydrogen) atoms. The molecule has 0 spiro atoms. The third kappa shape index (κ3) is 3.48. The van der Waals surface area contributed by atoms with Gasteiger partial charge < -0.3 is 10.3 Å². The number of rotatable bonds is 4. The van der Waals surface area contributed by atoms with E-state index in [1.165, 1.54) is 12.1 Å². The summed E-state index contributed by atoms with van der Waals surface area (Å²) in [5.74, 6) is 0.419. The Balaban J connectivity index is 1.48. The Morgan fingerprint density at radius 1 is 1.06 bits per heavy atom. The molecule has 1 aliphatic heterocycles. The normalized spacial score (nSPS) is 22.5. The standard InChI is InChI=1S/C23H26F3N5O/c24-23(25,26)22(12-3-4-13-28-22)15-7-9-16(10-8-15)29-20-19-18(11-14-27-21(19)32)31(30-20)17-5-1-2-6-17/h7-11,14,17,28H,1-6,12-13H2,(H,27,32)(H,29,30). The van der Waals surface area contributed by atoms with E-state index in [-0.39, 0.29) is 23.6 Å². The van der Waals surface area contributed by atoms with Crippen molar-refractivity contribution in [1.29, 1.82) is 0 Å². The van der Waals surface area contributed by atoms with Gasteiger partial charge in [0.05, 0.1) is 11.6 Å². The van der Waals surface area contributed by atoms with Crippen molar-refractivity contribution in [2.75, 3.05) is 11.9 Å². The number of aromatic nitrogens is 3. The number of H-pyrrole nitrogens is 1. The lowest BCUT2D eigenvalue weighted by molar-refractivity contribution is -0.207. The highest BCUT2D eigenvalue weighted by molar-refractivity contribution is 5.91. The number of hydrogen-bond acceptors (Lipinski definition) is 4. The highest BCUT2D eigenvalue weighted by Crippen LogP contribution is 2.44. The van der Waals surface area contributed by atoms with E-state index in [1.54, 1.807) is 18.3 Å². The van der Waals surface area contributed by atoms with E-state index < -0.39 is 11.7 Å². The molecule has 0 radical (unpaired) electrons. The summed E-state index contributed by atoms with van der Waals surface area (Å²) in [4.78, 5) is 15.2. The molecular formula is C23H26F3N5O. The molecule has 6 nitrogen and oxygen atoms in total. The number of fused-ring (bicyclic) bond motifs is 1. The minimum Gasteiger partial charge on any atom is -0.338 e. The van der Waals surface area contributed by atoms with E-state index in [9.17, 15) is 18.0 Å². The molecule has 3 N–H and O–H groups in total. The van der Waals surface area contributed by atoms with E-state index in [4.69, 9.17) is 0 Å². The van der Waals surface area contributed by atoms with Crippen LogP contribution < -0.4 is 16.2 Å². The summed E-state index contributed by atoms with van der Waals surface area (Å²) in [6.07, 6.45) is 2.82. The molecule has 0 bridgehead atoms. The zero-order chi connectivity index (χ0) is 22.3. The molecule has 2 aromatic heterocycles. The lowest BCUT2D eigenvalue weighted by Gasteiger charge is -2.40. The number of halogens is 3. The van der Waals surface area contributed by atoms with Crippen LogP contribution in [0.5, 0.6) is 0 Å². The van der Waals surface area contributed by atoms with Crippen molar-refractivity contribution < 1.29 is 13.2 Å². The molecule has 1 unspecified atom stereocenters. The monoisotopic (exact) mass is 445 g/mol. The first-order chi connectivity index (χ1) is 15.4. The van der Waals surface area contributed by atoms with Gasteiger partial charge in [-0.15, -0.1) is 0 Å². The third-order valence-corrected chi connectivity index (χ3v) is 6.83. The Hall–Kier alpha value is -2.81. The summed E-state index contributed by atoms with van der Waals surface area (Å²) in [7, 11) is 0. The molecule has 1 aliphatic carbocycles. The van der Waals surface area contributed by atoms with Gasteiger partial charge in [0.1, 0.15) is 10.9 Å². The molecule has 2 fully saturated rings. The average molecular weight is 445 g/mol. The Kier molecular flexibility index (Phi) is 5.23. The van der Waals surface area contributed by atoms with Crippen LogP contribution in [0.4, 0.5) is 24.7 Å². The quantitative estimate of drug-likeness (QED) is 0.522. The van der Waals surface area contributed by atoms with Crippen molar-refractivity contribution >= 4 is 22.4 Å². The first-order valence-electron chi connectivity index (χ1n) is 11.2. The minimum atomic E-state index is -4.38. The van der Waals surface area contributed by atoms with Crippen LogP contribution in [0.2, 0.25) is 0 Å². The van der Waals surface area contributed by atoms with E-state index in [2.05, 4.69) is 20.7 Å². The highest BCUT2D eigenvalue weighted by Gasteiger charge is 2.55. The zero-order valence-corrected chi connectivity index (χ0v) is 17.6. The fraction of sp³-hybridized carbons (Fsp3) is 0.478. The van der Waals surface area contributed by atoms with Crippen LogP contribution >= 0.6 is 0 Å². The summed E-state index contributed by atoms with van der Waals surface area (Å²) in [5, 5.41) is 11.0. The number of benzene rings is 1.